The molecule has 0 saturated carbocycles. The first-order chi connectivity index (χ1) is 10.1. The van der Waals surface area contributed by atoms with E-state index in [1.807, 2.05) is 0 Å². The molecule has 2 aromatic heterocycles. The summed E-state index contributed by atoms with van der Waals surface area (Å²) >= 11 is 0. The summed E-state index contributed by atoms with van der Waals surface area (Å²) in [6, 6.07) is 4.26. The maximum Gasteiger partial charge on any atom is 0.267 e. The summed E-state index contributed by atoms with van der Waals surface area (Å²) in [6.45, 7) is 2.17. The molecule has 0 atom stereocenters. The topological polar surface area (TPSA) is 98.9 Å². The van der Waals surface area contributed by atoms with Crippen LogP contribution < -0.4 is 16.4 Å². The van der Waals surface area contributed by atoms with Crippen molar-refractivity contribution in [1.29, 1.82) is 0 Å². The smallest absolute Gasteiger partial charge is 0.267 e. The Hall–Kier alpha value is -2.77. The lowest BCUT2D eigenvalue weighted by Crippen LogP contribution is -2.35. The van der Waals surface area contributed by atoms with Crippen LogP contribution in [0.25, 0.3) is 0 Å². The first-order valence-electron chi connectivity index (χ1n) is 6.38. The van der Waals surface area contributed by atoms with E-state index in [-0.39, 0.29) is 30.1 Å². The van der Waals surface area contributed by atoms with Crippen molar-refractivity contribution in [3.8, 4) is 0 Å². The van der Waals surface area contributed by atoms with Gasteiger partial charge in [-0.1, -0.05) is 0 Å². The Morgan fingerprint density at radius 2 is 2.14 bits per heavy atom. The molecular formula is C13H15N5O3. The molecule has 2 rings (SSSR count). The molecule has 0 unspecified atom stereocenters. The van der Waals surface area contributed by atoms with Gasteiger partial charge in [0.25, 0.3) is 11.1 Å². The average Bonchev–Trinajstić information content (AvgIpc) is 2.44. The SMILES string of the molecule is Cc1cc(=O)n(CCNC(=O)Cn2ncccc2=O)cn1. The van der Waals surface area contributed by atoms with E-state index in [2.05, 4.69) is 15.4 Å². The highest BCUT2D eigenvalue weighted by Gasteiger charge is 2.04. The summed E-state index contributed by atoms with van der Waals surface area (Å²) in [5, 5.41) is 6.41. The van der Waals surface area contributed by atoms with Crippen LogP contribution in [0, 0.1) is 6.92 Å². The molecule has 0 aliphatic heterocycles. The largest absolute Gasteiger partial charge is 0.353 e. The van der Waals surface area contributed by atoms with Gasteiger partial charge in [-0.15, -0.1) is 0 Å². The Morgan fingerprint density at radius 3 is 2.86 bits per heavy atom. The predicted molar refractivity (Wildman–Crippen MR) is 74.7 cm³/mol. The van der Waals surface area contributed by atoms with Crippen molar-refractivity contribution in [2.75, 3.05) is 6.54 Å². The third-order valence-electron chi connectivity index (χ3n) is 2.77. The van der Waals surface area contributed by atoms with Crippen LogP contribution in [0.15, 0.2) is 40.3 Å². The number of aromatic nitrogens is 4. The molecule has 0 bridgehead atoms. The monoisotopic (exact) mass is 289 g/mol. The van der Waals surface area contributed by atoms with Crippen molar-refractivity contribution in [3.05, 3.63) is 57.1 Å². The number of nitrogens with zero attached hydrogens (tertiary/aromatic N) is 4. The number of nitrogens with one attached hydrogen (secondary N) is 1. The summed E-state index contributed by atoms with van der Waals surface area (Å²) in [6.07, 6.45) is 2.87. The van der Waals surface area contributed by atoms with Crippen LogP contribution in [-0.4, -0.2) is 31.8 Å². The molecule has 2 aromatic rings. The van der Waals surface area contributed by atoms with Crippen LogP contribution in [0.1, 0.15) is 5.69 Å². The minimum atomic E-state index is -0.344. The molecule has 2 heterocycles. The number of hydrogen-bond donors (Lipinski definition) is 1. The van der Waals surface area contributed by atoms with Crippen LogP contribution in [-0.2, 0) is 17.9 Å². The minimum Gasteiger partial charge on any atom is -0.353 e. The van der Waals surface area contributed by atoms with Crippen molar-refractivity contribution in [3.63, 3.8) is 0 Å². The Morgan fingerprint density at radius 1 is 1.33 bits per heavy atom. The summed E-state index contributed by atoms with van der Waals surface area (Å²) in [4.78, 5) is 38.7. The fraction of sp³-hybridized carbons (Fsp3) is 0.308. The second kappa shape index (κ2) is 6.60. The molecule has 0 saturated heterocycles. The van der Waals surface area contributed by atoms with E-state index < -0.39 is 0 Å². The van der Waals surface area contributed by atoms with Crippen molar-refractivity contribution in [2.24, 2.45) is 0 Å². The molecule has 1 amide bonds. The van der Waals surface area contributed by atoms with E-state index in [0.29, 0.717) is 12.2 Å². The zero-order chi connectivity index (χ0) is 15.2. The zero-order valence-electron chi connectivity index (χ0n) is 11.5. The van der Waals surface area contributed by atoms with Crippen molar-refractivity contribution >= 4 is 5.91 Å². The van der Waals surface area contributed by atoms with Crippen LogP contribution in [0.5, 0.6) is 0 Å². The van der Waals surface area contributed by atoms with E-state index in [1.165, 1.54) is 35.3 Å². The van der Waals surface area contributed by atoms with Crippen molar-refractivity contribution in [2.45, 2.75) is 20.0 Å². The van der Waals surface area contributed by atoms with Crippen LogP contribution in [0.2, 0.25) is 0 Å². The number of carbonyl (C=O) groups is 1. The molecule has 110 valence electrons. The van der Waals surface area contributed by atoms with Gasteiger partial charge in [0.05, 0.1) is 6.33 Å². The highest BCUT2D eigenvalue weighted by molar-refractivity contribution is 5.75. The fourth-order valence-corrected chi connectivity index (χ4v) is 1.70. The van der Waals surface area contributed by atoms with Gasteiger partial charge in [-0.05, 0) is 13.0 Å². The summed E-state index contributed by atoms with van der Waals surface area (Å²) < 4.78 is 2.47. The number of hydrogen-bond acceptors (Lipinski definition) is 5. The molecule has 0 fully saturated rings. The molecule has 0 aliphatic rings. The highest BCUT2D eigenvalue weighted by Crippen LogP contribution is 1.85. The molecule has 0 radical (unpaired) electrons. The Bertz CT molecular complexity index is 750. The van der Waals surface area contributed by atoms with Gasteiger partial charge in [0, 0.05) is 37.1 Å². The quantitative estimate of drug-likeness (QED) is 0.755. The van der Waals surface area contributed by atoms with Gasteiger partial charge in [0.15, 0.2) is 0 Å². The summed E-state index contributed by atoms with van der Waals surface area (Å²) in [7, 11) is 0. The second-order valence-corrected chi connectivity index (χ2v) is 4.43. The van der Waals surface area contributed by atoms with Gasteiger partial charge in [-0.25, -0.2) is 9.67 Å². The Kier molecular flexibility index (Phi) is 4.60. The Labute approximate surface area is 120 Å². The molecule has 0 spiro atoms. The number of rotatable bonds is 5. The van der Waals surface area contributed by atoms with Crippen molar-refractivity contribution in [1.82, 2.24) is 24.6 Å². The third-order valence-corrected chi connectivity index (χ3v) is 2.77. The molecule has 8 nitrogen and oxygen atoms in total. The first kappa shape index (κ1) is 14.6. The first-order valence-corrected chi connectivity index (χ1v) is 6.38. The molecular weight excluding hydrogens is 274 g/mol. The van der Waals surface area contributed by atoms with E-state index in [1.54, 1.807) is 6.92 Å². The van der Waals surface area contributed by atoms with Gasteiger partial charge < -0.3 is 5.32 Å². The molecule has 0 aliphatic carbocycles. The standard InChI is InChI=1S/C13H15N5O3/c1-10-7-13(21)17(9-15-10)6-5-14-11(19)8-18-12(20)3-2-4-16-18/h2-4,7,9H,5-6,8H2,1H3,(H,14,19). The van der Waals surface area contributed by atoms with Gasteiger partial charge in [0.2, 0.25) is 5.91 Å². The van der Waals surface area contributed by atoms with Crippen LogP contribution in [0.3, 0.4) is 0 Å². The van der Waals surface area contributed by atoms with E-state index in [4.69, 9.17) is 0 Å². The number of carbonyl (C=O) groups excluding carboxylic acids is 1. The number of amides is 1. The molecule has 0 aromatic carbocycles. The maximum atomic E-state index is 11.7. The predicted octanol–water partition coefficient (Wildman–Crippen LogP) is -1.08. The van der Waals surface area contributed by atoms with Gasteiger partial charge in [0.1, 0.15) is 6.54 Å². The lowest BCUT2D eigenvalue weighted by molar-refractivity contribution is -0.121. The van der Waals surface area contributed by atoms with Gasteiger partial charge in [-0.2, -0.15) is 5.10 Å². The lowest BCUT2D eigenvalue weighted by atomic mass is 10.4. The molecule has 21 heavy (non-hydrogen) atoms. The summed E-state index contributed by atoms with van der Waals surface area (Å²) in [5.41, 5.74) is 0.138. The van der Waals surface area contributed by atoms with Crippen LogP contribution in [0.4, 0.5) is 0 Å². The average molecular weight is 289 g/mol. The van der Waals surface area contributed by atoms with Gasteiger partial charge in [-0.3, -0.25) is 19.0 Å². The maximum absolute atomic E-state index is 11.7. The molecule has 8 heteroatoms. The normalized spacial score (nSPS) is 10.3. The second-order valence-electron chi connectivity index (χ2n) is 4.43. The minimum absolute atomic E-state index is 0.152. The summed E-state index contributed by atoms with van der Waals surface area (Å²) in [5.74, 6) is -0.344. The van der Waals surface area contributed by atoms with E-state index >= 15 is 0 Å². The third kappa shape index (κ3) is 4.10. The fourth-order valence-electron chi connectivity index (χ4n) is 1.70. The van der Waals surface area contributed by atoms with E-state index in [9.17, 15) is 14.4 Å². The van der Waals surface area contributed by atoms with Crippen molar-refractivity contribution < 1.29 is 4.79 Å². The van der Waals surface area contributed by atoms with Crippen LogP contribution >= 0.6 is 0 Å². The van der Waals surface area contributed by atoms with Gasteiger partial charge >= 0.3 is 0 Å². The number of aryl methyl sites for hydroxylation is 1. The highest BCUT2D eigenvalue weighted by atomic mass is 16.2. The zero-order valence-corrected chi connectivity index (χ0v) is 11.5. The lowest BCUT2D eigenvalue weighted by Gasteiger charge is -2.08. The van der Waals surface area contributed by atoms with E-state index in [0.717, 1.165) is 4.68 Å². The molecule has 1 N–H and O–H groups in total. The Balaban J connectivity index is 1.86.